The summed E-state index contributed by atoms with van der Waals surface area (Å²) in [6.07, 6.45) is 6.98. The molecule has 0 aliphatic rings. The Bertz CT molecular complexity index is 120. The number of hydrogen-bond donors (Lipinski definition) is 1. The van der Waals surface area contributed by atoms with Crippen LogP contribution in [0.4, 0.5) is 0 Å². The molecule has 0 aromatic carbocycles. The maximum atomic E-state index is 9.82. The van der Waals surface area contributed by atoms with Gasteiger partial charge in [-0.1, -0.05) is 40.0 Å². The zero-order chi connectivity index (χ0) is 10.3. The molecule has 0 spiro atoms. The van der Waals surface area contributed by atoms with Crippen molar-refractivity contribution < 1.29 is 5.11 Å². The first-order valence-electron chi connectivity index (χ1n) is 5.81. The second kappa shape index (κ2) is 6.42. The number of aliphatic hydroxyl groups is 1. The number of aliphatic hydroxyl groups excluding tert-OH is 1. The second-order valence-corrected chi connectivity index (χ2v) is 4.25. The highest BCUT2D eigenvalue weighted by molar-refractivity contribution is 4.82. The minimum atomic E-state index is -0.149. The van der Waals surface area contributed by atoms with Crippen molar-refractivity contribution in [3.63, 3.8) is 0 Å². The van der Waals surface area contributed by atoms with Crippen molar-refractivity contribution in [1.82, 2.24) is 0 Å². The summed E-state index contributed by atoms with van der Waals surface area (Å²) in [7, 11) is 0. The van der Waals surface area contributed by atoms with E-state index in [4.69, 9.17) is 0 Å². The molecule has 2 unspecified atom stereocenters. The van der Waals surface area contributed by atoms with E-state index in [9.17, 15) is 5.11 Å². The first kappa shape index (κ1) is 13.0. The van der Waals surface area contributed by atoms with Gasteiger partial charge in [-0.05, 0) is 31.6 Å². The topological polar surface area (TPSA) is 20.2 Å². The Labute approximate surface area is 83.5 Å². The van der Waals surface area contributed by atoms with Gasteiger partial charge >= 0.3 is 0 Å². The fraction of sp³-hybridized carbons (Fsp3) is 1.00. The molecule has 0 aliphatic carbocycles. The van der Waals surface area contributed by atoms with Crippen LogP contribution in [-0.4, -0.2) is 11.2 Å². The minimum absolute atomic E-state index is 0.149. The molecule has 0 aliphatic heterocycles. The first-order valence-corrected chi connectivity index (χ1v) is 5.81. The fourth-order valence-corrected chi connectivity index (χ4v) is 2.22. The Balaban J connectivity index is 4.26. The molecule has 0 aromatic heterocycles. The van der Waals surface area contributed by atoms with E-state index in [0.29, 0.717) is 0 Å². The lowest BCUT2D eigenvalue weighted by Gasteiger charge is -2.35. The summed E-state index contributed by atoms with van der Waals surface area (Å²) >= 11 is 0. The Hall–Kier alpha value is -0.0400. The Morgan fingerprint density at radius 1 is 1.08 bits per heavy atom. The van der Waals surface area contributed by atoms with Crippen molar-refractivity contribution in [2.24, 2.45) is 5.41 Å². The lowest BCUT2D eigenvalue weighted by molar-refractivity contribution is 0.0185. The Kier molecular flexibility index (Phi) is 6.40. The highest BCUT2D eigenvalue weighted by Gasteiger charge is 2.31. The van der Waals surface area contributed by atoms with Gasteiger partial charge in [-0.25, -0.2) is 0 Å². The van der Waals surface area contributed by atoms with Crippen LogP contribution in [-0.2, 0) is 0 Å². The molecular weight excluding hydrogens is 160 g/mol. The molecule has 80 valence electrons. The van der Waals surface area contributed by atoms with Crippen LogP contribution in [0.1, 0.15) is 66.2 Å². The van der Waals surface area contributed by atoms with Crippen LogP contribution in [0.2, 0.25) is 0 Å². The third-order valence-electron chi connectivity index (χ3n) is 3.37. The summed E-state index contributed by atoms with van der Waals surface area (Å²) in [5.74, 6) is 0. The summed E-state index contributed by atoms with van der Waals surface area (Å²) < 4.78 is 0. The van der Waals surface area contributed by atoms with E-state index in [0.717, 1.165) is 6.42 Å². The molecule has 0 amide bonds. The standard InChI is InChI=1S/C12H26O/c1-5-8-10-12(7-3,9-6-2)11(4)13/h11,13H,5-10H2,1-4H3. The highest BCUT2D eigenvalue weighted by atomic mass is 16.3. The molecule has 0 saturated heterocycles. The molecule has 0 aromatic rings. The van der Waals surface area contributed by atoms with Crippen molar-refractivity contribution in [1.29, 1.82) is 0 Å². The predicted molar refractivity (Wildman–Crippen MR) is 58.8 cm³/mol. The number of unbranched alkanes of at least 4 members (excludes halogenated alkanes) is 1. The Morgan fingerprint density at radius 3 is 2.00 bits per heavy atom. The normalized spacial score (nSPS) is 18.2. The quantitative estimate of drug-likeness (QED) is 0.642. The molecule has 1 N–H and O–H groups in total. The van der Waals surface area contributed by atoms with Gasteiger partial charge in [0.25, 0.3) is 0 Å². The van der Waals surface area contributed by atoms with Gasteiger partial charge in [-0.15, -0.1) is 0 Å². The fourth-order valence-electron chi connectivity index (χ4n) is 2.22. The summed E-state index contributed by atoms with van der Waals surface area (Å²) in [5, 5.41) is 9.82. The molecule has 0 radical (unpaired) electrons. The van der Waals surface area contributed by atoms with E-state index in [1.165, 1.54) is 32.1 Å². The maximum Gasteiger partial charge on any atom is 0.0568 e. The van der Waals surface area contributed by atoms with Gasteiger partial charge in [0.2, 0.25) is 0 Å². The smallest absolute Gasteiger partial charge is 0.0568 e. The lowest BCUT2D eigenvalue weighted by Crippen LogP contribution is -2.32. The minimum Gasteiger partial charge on any atom is -0.393 e. The van der Waals surface area contributed by atoms with E-state index in [1.54, 1.807) is 0 Å². The van der Waals surface area contributed by atoms with E-state index < -0.39 is 0 Å². The van der Waals surface area contributed by atoms with Gasteiger partial charge in [-0.2, -0.15) is 0 Å². The van der Waals surface area contributed by atoms with Crippen LogP contribution in [0.5, 0.6) is 0 Å². The van der Waals surface area contributed by atoms with Gasteiger partial charge in [0.05, 0.1) is 6.10 Å². The average molecular weight is 186 g/mol. The molecule has 0 saturated carbocycles. The second-order valence-electron chi connectivity index (χ2n) is 4.25. The molecule has 0 fully saturated rings. The summed E-state index contributed by atoms with van der Waals surface area (Å²) in [6, 6.07) is 0. The van der Waals surface area contributed by atoms with Gasteiger partial charge in [0, 0.05) is 0 Å². The van der Waals surface area contributed by atoms with Crippen LogP contribution in [0, 0.1) is 5.41 Å². The van der Waals surface area contributed by atoms with Crippen LogP contribution < -0.4 is 0 Å². The van der Waals surface area contributed by atoms with Crippen molar-refractivity contribution in [2.45, 2.75) is 72.3 Å². The predicted octanol–water partition coefficient (Wildman–Crippen LogP) is 3.75. The first-order chi connectivity index (χ1) is 6.13. The SMILES string of the molecule is CCCCC(CC)(CCC)C(C)O. The van der Waals surface area contributed by atoms with Crippen molar-refractivity contribution in [3.8, 4) is 0 Å². The van der Waals surface area contributed by atoms with Gasteiger partial charge in [0.15, 0.2) is 0 Å². The maximum absolute atomic E-state index is 9.82. The molecular formula is C12H26O. The van der Waals surface area contributed by atoms with E-state index in [1.807, 2.05) is 6.92 Å². The van der Waals surface area contributed by atoms with Crippen LogP contribution in [0.3, 0.4) is 0 Å². The third kappa shape index (κ3) is 3.68. The van der Waals surface area contributed by atoms with E-state index >= 15 is 0 Å². The van der Waals surface area contributed by atoms with Gasteiger partial charge in [-0.3, -0.25) is 0 Å². The molecule has 0 bridgehead atoms. The van der Waals surface area contributed by atoms with Gasteiger partial charge < -0.3 is 5.11 Å². The van der Waals surface area contributed by atoms with Crippen molar-refractivity contribution in [2.75, 3.05) is 0 Å². The Morgan fingerprint density at radius 2 is 1.69 bits per heavy atom. The number of hydrogen-bond acceptors (Lipinski definition) is 1. The summed E-state index contributed by atoms with van der Waals surface area (Å²) in [6.45, 7) is 8.58. The van der Waals surface area contributed by atoms with Crippen LogP contribution in [0.15, 0.2) is 0 Å². The molecule has 1 nitrogen and oxygen atoms in total. The number of rotatable bonds is 7. The summed E-state index contributed by atoms with van der Waals surface area (Å²) in [4.78, 5) is 0. The molecule has 2 atom stereocenters. The molecule has 1 heteroatoms. The highest BCUT2D eigenvalue weighted by Crippen LogP contribution is 2.37. The zero-order valence-electron chi connectivity index (χ0n) is 9.77. The monoisotopic (exact) mass is 186 g/mol. The van der Waals surface area contributed by atoms with Gasteiger partial charge in [0.1, 0.15) is 0 Å². The van der Waals surface area contributed by atoms with E-state index in [2.05, 4.69) is 20.8 Å². The average Bonchev–Trinajstić information content (AvgIpc) is 2.12. The van der Waals surface area contributed by atoms with E-state index in [-0.39, 0.29) is 11.5 Å². The largest absolute Gasteiger partial charge is 0.393 e. The molecule has 13 heavy (non-hydrogen) atoms. The van der Waals surface area contributed by atoms with Crippen LogP contribution in [0.25, 0.3) is 0 Å². The molecule has 0 rings (SSSR count). The summed E-state index contributed by atoms with van der Waals surface area (Å²) in [5.41, 5.74) is 0.199. The van der Waals surface area contributed by atoms with Crippen molar-refractivity contribution in [3.05, 3.63) is 0 Å². The lowest BCUT2D eigenvalue weighted by atomic mass is 9.72. The van der Waals surface area contributed by atoms with Crippen LogP contribution >= 0.6 is 0 Å². The van der Waals surface area contributed by atoms with Crippen molar-refractivity contribution >= 4 is 0 Å². The zero-order valence-corrected chi connectivity index (χ0v) is 9.77. The third-order valence-corrected chi connectivity index (χ3v) is 3.37. The molecule has 0 heterocycles.